The summed E-state index contributed by atoms with van der Waals surface area (Å²) in [7, 11) is 3.10. The first-order chi connectivity index (χ1) is 15.6. The van der Waals surface area contributed by atoms with Crippen LogP contribution in [0.4, 0.5) is 5.69 Å². The summed E-state index contributed by atoms with van der Waals surface area (Å²) >= 11 is 0. The van der Waals surface area contributed by atoms with E-state index in [1.54, 1.807) is 32.4 Å². The zero-order valence-electron chi connectivity index (χ0n) is 18.2. The van der Waals surface area contributed by atoms with Gasteiger partial charge >= 0.3 is 0 Å². The predicted octanol–water partition coefficient (Wildman–Crippen LogP) is 1.83. The number of tetrazole rings is 1. The number of nitrogens with zero attached hydrogens (tertiary/aromatic N) is 5. The van der Waals surface area contributed by atoms with E-state index in [9.17, 15) is 4.79 Å². The molecule has 2 aromatic carbocycles. The fourth-order valence-corrected chi connectivity index (χ4v) is 3.41. The second-order valence-corrected chi connectivity index (χ2v) is 7.38. The van der Waals surface area contributed by atoms with Crippen molar-refractivity contribution in [2.45, 2.75) is 13.1 Å². The number of hydrogen-bond acceptors (Lipinski definition) is 8. The van der Waals surface area contributed by atoms with Crippen LogP contribution in [-0.4, -0.2) is 71.5 Å². The molecule has 168 valence electrons. The van der Waals surface area contributed by atoms with Crippen LogP contribution in [0.2, 0.25) is 0 Å². The molecule has 0 atom stereocenters. The molecule has 32 heavy (non-hydrogen) atoms. The fraction of sp³-hybridized carbons (Fsp3) is 0.364. The highest BCUT2D eigenvalue weighted by atomic mass is 16.5. The van der Waals surface area contributed by atoms with Gasteiger partial charge in [0, 0.05) is 49.1 Å². The average molecular weight is 438 g/mol. The molecule has 1 saturated heterocycles. The van der Waals surface area contributed by atoms with E-state index in [4.69, 9.17) is 14.2 Å². The van der Waals surface area contributed by atoms with E-state index < -0.39 is 0 Å². The maximum absolute atomic E-state index is 12.4. The Bertz CT molecular complexity index is 1020. The summed E-state index contributed by atoms with van der Waals surface area (Å²) < 4.78 is 15.8. The van der Waals surface area contributed by atoms with Crippen LogP contribution in [0.1, 0.15) is 5.56 Å². The fourth-order valence-electron chi connectivity index (χ4n) is 3.41. The summed E-state index contributed by atoms with van der Waals surface area (Å²) in [5.74, 6) is 1.35. The van der Waals surface area contributed by atoms with Crippen LogP contribution in [0, 0.1) is 0 Å². The number of benzene rings is 2. The molecule has 1 aliphatic heterocycles. The third-order valence-corrected chi connectivity index (χ3v) is 5.10. The van der Waals surface area contributed by atoms with Crippen LogP contribution < -0.4 is 14.8 Å². The topological polar surface area (TPSA) is 104 Å². The second-order valence-electron chi connectivity index (χ2n) is 7.38. The summed E-state index contributed by atoms with van der Waals surface area (Å²) in [4.78, 5) is 16.1. The number of carbonyl (C=O) groups is 1. The van der Waals surface area contributed by atoms with Gasteiger partial charge in [-0.05, 0) is 10.8 Å². The predicted molar refractivity (Wildman–Crippen MR) is 118 cm³/mol. The zero-order chi connectivity index (χ0) is 22.3. The number of anilines is 1. The van der Waals surface area contributed by atoms with Gasteiger partial charge in [0.05, 0.1) is 27.4 Å². The Morgan fingerprint density at radius 2 is 1.75 bits per heavy atom. The lowest BCUT2D eigenvalue weighted by Gasteiger charge is -2.26. The molecule has 0 bridgehead atoms. The molecule has 1 N–H and O–H groups in total. The number of hydrogen-bond donors (Lipinski definition) is 1. The molecule has 4 rings (SSSR count). The zero-order valence-corrected chi connectivity index (χ0v) is 18.2. The summed E-state index contributed by atoms with van der Waals surface area (Å²) in [6.07, 6.45) is 0. The molecule has 0 spiro atoms. The maximum Gasteiger partial charge on any atom is 0.248 e. The summed E-state index contributed by atoms with van der Waals surface area (Å²) in [6, 6.07) is 13.2. The Morgan fingerprint density at radius 3 is 2.41 bits per heavy atom. The number of amides is 1. The van der Waals surface area contributed by atoms with Gasteiger partial charge in [-0.2, -0.15) is 4.80 Å². The first-order valence-electron chi connectivity index (χ1n) is 10.3. The van der Waals surface area contributed by atoms with Gasteiger partial charge < -0.3 is 19.5 Å². The van der Waals surface area contributed by atoms with Gasteiger partial charge in [0.25, 0.3) is 0 Å². The third-order valence-electron chi connectivity index (χ3n) is 5.10. The van der Waals surface area contributed by atoms with Crippen molar-refractivity contribution in [3.8, 4) is 22.9 Å². The molecule has 0 radical (unpaired) electrons. The van der Waals surface area contributed by atoms with E-state index in [1.165, 1.54) is 10.4 Å². The van der Waals surface area contributed by atoms with Gasteiger partial charge in [-0.3, -0.25) is 9.69 Å². The maximum atomic E-state index is 12.4. The molecule has 1 aromatic heterocycles. The lowest BCUT2D eigenvalue weighted by Crippen LogP contribution is -2.35. The van der Waals surface area contributed by atoms with E-state index in [0.717, 1.165) is 38.4 Å². The first-order valence-corrected chi connectivity index (χ1v) is 10.3. The normalized spacial score (nSPS) is 14.2. The van der Waals surface area contributed by atoms with Crippen molar-refractivity contribution in [3.05, 3.63) is 48.0 Å². The molecule has 1 aliphatic rings. The summed E-state index contributed by atoms with van der Waals surface area (Å²) in [6.45, 7) is 4.28. The Morgan fingerprint density at radius 1 is 1.06 bits per heavy atom. The highest BCUT2D eigenvalue weighted by Gasteiger charge is 2.13. The van der Waals surface area contributed by atoms with Crippen molar-refractivity contribution >= 4 is 11.6 Å². The van der Waals surface area contributed by atoms with Crippen molar-refractivity contribution in [2.24, 2.45) is 0 Å². The van der Waals surface area contributed by atoms with Crippen molar-refractivity contribution in [3.63, 3.8) is 0 Å². The van der Waals surface area contributed by atoms with Gasteiger partial charge in [-0.15, -0.1) is 10.2 Å². The average Bonchev–Trinajstić information content (AvgIpc) is 3.28. The van der Waals surface area contributed by atoms with Gasteiger partial charge in [-0.1, -0.05) is 24.3 Å². The molecule has 0 saturated carbocycles. The lowest BCUT2D eigenvalue weighted by molar-refractivity contribution is -0.117. The molecular formula is C22H26N6O4. The third kappa shape index (κ3) is 5.59. The number of ether oxygens (including phenoxy) is 3. The van der Waals surface area contributed by atoms with E-state index in [1.807, 2.05) is 12.1 Å². The van der Waals surface area contributed by atoms with E-state index in [-0.39, 0.29) is 12.5 Å². The van der Waals surface area contributed by atoms with Crippen LogP contribution >= 0.6 is 0 Å². The van der Waals surface area contributed by atoms with Crippen LogP contribution in [-0.2, 0) is 22.6 Å². The number of methoxy groups -OCH3 is 2. The SMILES string of the molecule is COc1cc(NC(=O)Cn2nnc(-c3ccc(CN4CCOCC4)cc3)n2)cc(OC)c1. The Balaban J connectivity index is 1.35. The Kier molecular flexibility index (Phi) is 6.93. The number of morpholine rings is 1. The minimum atomic E-state index is -0.287. The molecule has 10 heteroatoms. The first kappa shape index (κ1) is 21.7. The smallest absolute Gasteiger partial charge is 0.248 e. The van der Waals surface area contributed by atoms with E-state index in [2.05, 4.69) is 37.8 Å². The van der Waals surface area contributed by atoms with E-state index >= 15 is 0 Å². The molecule has 10 nitrogen and oxygen atoms in total. The number of nitrogens with one attached hydrogen (secondary N) is 1. The molecule has 1 fully saturated rings. The molecule has 0 unspecified atom stereocenters. The largest absolute Gasteiger partial charge is 0.497 e. The minimum Gasteiger partial charge on any atom is -0.497 e. The van der Waals surface area contributed by atoms with Gasteiger partial charge in [0.2, 0.25) is 11.7 Å². The Hall–Kier alpha value is -3.50. The monoisotopic (exact) mass is 438 g/mol. The summed E-state index contributed by atoms with van der Waals surface area (Å²) in [5.41, 5.74) is 2.62. The highest BCUT2D eigenvalue weighted by molar-refractivity contribution is 5.90. The molecular weight excluding hydrogens is 412 g/mol. The van der Waals surface area contributed by atoms with Crippen LogP contribution in [0.3, 0.4) is 0 Å². The van der Waals surface area contributed by atoms with Crippen LogP contribution in [0.15, 0.2) is 42.5 Å². The molecule has 1 amide bonds. The van der Waals surface area contributed by atoms with E-state index in [0.29, 0.717) is 23.0 Å². The van der Waals surface area contributed by atoms with Crippen molar-refractivity contribution < 1.29 is 19.0 Å². The summed E-state index contributed by atoms with van der Waals surface area (Å²) in [5, 5.41) is 15.2. The second kappa shape index (κ2) is 10.2. The molecule has 0 aliphatic carbocycles. The van der Waals surface area contributed by atoms with Gasteiger partial charge in [0.15, 0.2) is 0 Å². The van der Waals surface area contributed by atoms with Gasteiger partial charge in [-0.25, -0.2) is 0 Å². The number of aromatic nitrogens is 4. The highest BCUT2D eigenvalue weighted by Crippen LogP contribution is 2.25. The standard InChI is InChI=1S/C22H26N6O4/c1-30-19-11-18(12-20(13-19)31-2)23-21(29)15-28-25-22(24-26-28)17-5-3-16(4-6-17)14-27-7-9-32-10-8-27/h3-6,11-13H,7-10,14-15H2,1-2H3,(H,23,29). The quantitative estimate of drug-likeness (QED) is 0.568. The lowest BCUT2D eigenvalue weighted by atomic mass is 10.1. The van der Waals surface area contributed by atoms with Crippen molar-refractivity contribution in [2.75, 3.05) is 45.8 Å². The van der Waals surface area contributed by atoms with Crippen molar-refractivity contribution in [1.29, 1.82) is 0 Å². The molecule has 2 heterocycles. The minimum absolute atomic E-state index is 0.0678. The Labute approximate surface area is 186 Å². The van der Waals surface area contributed by atoms with Crippen LogP contribution in [0.25, 0.3) is 11.4 Å². The van der Waals surface area contributed by atoms with Crippen molar-refractivity contribution in [1.82, 2.24) is 25.1 Å². The van der Waals surface area contributed by atoms with Gasteiger partial charge in [0.1, 0.15) is 18.0 Å². The number of rotatable bonds is 8. The number of carbonyl (C=O) groups excluding carboxylic acids is 1. The molecule has 3 aromatic rings. The van der Waals surface area contributed by atoms with Crippen LogP contribution in [0.5, 0.6) is 11.5 Å².